The van der Waals surface area contributed by atoms with E-state index in [2.05, 4.69) is 22.5 Å². The Bertz CT molecular complexity index is 1690. The molecule has 1 heterocycles. The summed E-state index contributed by atoms with van der Waals surface area (Å²) in [5, 5.41) is 3.15. The number of aryl methyl sites for hydroxylation is 1. The van der Waals surface area contributed by atoms with Gasteiger partial charge in [0.1, 0.15) is 0 Å². The topological polar surface area (TPSA) is 115 Å². The fraction of sp³-hybridized carbons (Fsp3) is 0.267. The predicted molar refractivity (Wildman–Crippen MR) is 176 cm³/mol. The number of aromatic nitrogens is 1. The fourth-order valence-electron chi connectivity index (χ4n) is 4.13. The summed E-state index contributed by atoms with van der Waals surface area (Å²) in [7, 11) is -7.20. The summed E-state index contributed by atoms with van der Waals surface area (Å²) in [6, 6.07) is 23.9. The number of halogens is 1. The molecule has 1 aromatic heterocycles. The van der Waals surface area contributed by atoms with Gasteiger partial charge in [0.15, 0.2) is 0 Å². The first kappa shape index (κ1) is 34.4. The molecular weight excluding hydrogens is 630 g/mol. The maximum absolute atomic E-state index is 11.4. The van der Waals surface area contributed by atoms with Crippen molar-refractivity contribution >= 4 is 61.6 Å². The highest BCUT2D eigenvalue weighted by Crippen LogP contribution is 2.26. The molecule has 0 bridgehead atoms. The molecule has 3 aromatic carbocycles. The zero-order valence-corrected chi connectivity index (χ0v) is 27.3. The highest BCUT2D eigenvalue weighted by Gasteiger charge is 2.12. The van der Waals surface area contributed by atoms with Crippen molar-refractivity contribution in [2.24, 2.45) is 4.99 Å². The number of nitrogens with zero attached hydrogens (tertiary/aromatic N) is 3. The van der Waals surface area contributed by atoms with Crippen LogP contribution < -0.4 is 4.90 Å². The lowest BCUT2D eigenvalue weighted by Gasteiger charge is -2.25. The Hall–Kier alpha value is -3.13. The van der Waals surface area contributed by atoms with Crippen molar-refractivity contribution in [3.63, 3.8) is 0 Å². The van der Waals surface area contributed by atoms with E-state index < -0.39 is 20.2 Å². The van der Waals surface area contributed by atoms with Crippen molar-refractivity contribution in [3.8, 4) is 11.3 Å². The van der Waals surface area contributed by atoms with Crippen LogP contribution in [0.4, 0.5) is 11.4 Å². The minimum absolute atomic E-state index is 0. The second kappa shape index (κ2) is 15.6. The van der Waals surface area contributed by atoms with Crippen LogP contribution in [0.2, 0.25) is 0 Å². The van der Waals surface area contributed by atoms with Gasteiger partial charge in [-0.15, -0.1) is 23.7 Å². The average Bonchev–Trinajstić information content (AvgIpc) is 3.39. The molecule has 13 heteroatoms. The van der Waals surface area contributed by atoms with E-state index in [1.807, 2.05) is 72.5 Å². The van der Waals surface area contributed by atoms with Gasteiger partial charge in [0.25, 0.3) is 20.2 Å². The molecule has 4 rings (SSSR count). The third-order valence-electron chi connectivity index (χ3n) is 6.20. The molecule has 0 saturated carbocycles. The molecule has 0 unspecified atom stereocenters. The lowest BCUT2D eigenvalue weighted by atomic mass is 10.1. The van der Waals surface area contributed by atoms with Gasteiger partial charge >= 0.3 is 0 Å². The maximum Gasteiger partial charge on any atom is 0.264 e. The summed E-state index contributed by atoms with van der Waals surface area (Å²) < 4.78 is 55.3. The zero-order valence-electron chi connectivity index (χ0n) is 24.0. The Kier molecular flexibility index (Phi) is 12.4. The van der Waals surface area contributed by atoms with E-state index in [0.717, 1.165) is 57.7 Å². The van der Waals surface area contributed by atoms with Crippen LogP contribution in [0.15, 0.2) is 83.2 Å². The molecule has 0 N–H and O–H groups in total. The van der Waals surface area contributed by atoms with Gasteiger partial charge in [-0.25, -0.2) is 4.98 Å². The van der Waals surface area contributed by atoms with E-state index in [0.29, 0.717) is 0 Å². The highest BCUT2D eigenvalue weighted by molar-refractivity contribution is 7.86. The van der Waals surface area contributed by atoms with Crippen LogP contribution in [0.5, 0.6) is 0 Å². The number of aliphatic imine (C=N–C) groups is 1. The number of benzene rings is 3. The van der Waals surface area contributed by atoms with E-state index in [9.17, 15) is 16.8 Å². The Labute approximate surface area is 263 Å². The van der Waals surface area contributed by atoms with Gasteiger partial charge in [0.2, 0.25) is 0 Å². The molecule has 0 aliphatic rings. The molecule has 0 amide bonds. The fourth-order valence-corrected chi connectivity index (χ4v) is 5.72. The number of hydrogen-bond donors (Lipinski definition) is 0. The summed E-state index contributed by atoms with van der Waals surface area (Å²) >= 11 is 1.65. The first-order valence-corrected chi connectivity index (χ1v) is 17.6. The van der Waals surface area contributed by atoms with Gasteiger partial charge in [-0.3, -0.25) is 13.4 Å². The molecule has 0 radical (unpaired) electrons. The zero-order chi connectivity index (χ0) is 30.2. The van der Waals surface area contributed by atoms with Crippen molar-refractivity contribution in [3.05, 3.63) is 99.9 Å². The van der Waals surface area contributed by atoms with Gasteiger partial charge in [0.05, 0.1) is 42.1 Å². The molecular formula is C30H34ClN3O6S3. The minimum Gasteiger partial charge on any atom is -0.367 e. The number of anilines is 1. The number of hydrogen-bond acceptors (Lipinski definition) is 10. The Morgan fingerprint density at radius 1 is 0.884 bits per heavy atom. The van der Waals surface area contributed by atoms with Crippen LogP contribution in [0, 0.1) is 6.92 Å². The van der Waals surface area contributed by atoms with E-state index in [-0.39, 0.29) is 38.7 Å². The van der Waals surface area contributed by atoms with E-state index in [4.69, 9.17) is 13.4 Å². The van der Waals surface area contributed by atoms with Crippen LogP contribution in [0.3, 0.4) is 0 Å². The van der Waals surface area contributed by atoms with Crippen LogP contribution in [-0.4, -0.2) is 66.8 Å². The van der Waals surface area contributed by atoms with Gasteiger partial charge in [-0.1, -0.05) is 48.5 Å². The van der Waals surface area contributed by atoms with Crippen LogP contribution in [-0.2, 0) is 35.0 Å². The van der Waals surface area contributed by atoms with Crippen LogP contribution in [0.25, 0.3) is 11.3 Å². The van der Waals surface area contributed by atoms with Gasteiger partial charge in [-0.05, 0) is 47.9 Å². The number of thiazole rings is 1. The lowest BCUT2D eigenvalue weighted by Crippen LogP contribution is -2.32. The second-order valence-corrected chi connectivity index (χ2v) is 13.9. The van der Waals surface area contributed by atoms with Crippen molar-refractivity contribution in [1.82, 2.24) is 4.98 Å². The van der Waals surface area contributed by atoms with Crippen molar-refractivity contribution < 1.29 is 25.2 Å². The third kappa shape index (κ3) is 11.5. The predicted octanol–water partition coefficient (Wildman–Crippen LogP) is 5.64. The largest absolute Gasteiger partial charge is 0.367 e. The maximum atomic E-state index is 11.4. The Morgan fingerprint density at radius 2 is 1.51 bits per heavy atom. The molecule has 4 aromatic rings. The summed E-state index contributed by atoms with van der Waals surface area (Å²) in [4.78, 5) is 11.2. The van der Waals surface area contributed by atoms with E-state index in [1.165, 1.54) is 5.56 Å². The summed E-state index contributed by atoms with van der Waals surface area (Å²) in [5.41, 5.74) is 6.65. The van der Waals surface area contributed by atoms with Crippen LogP contribution in [0.1, 0.15) is 21.7 Å². The quantitative estimate of drug-likeness (QED) is 0.126. The Morgan fingerprint density at radius 3 is 2.09 bits per heavy atom. The lowest BCUT2D eigenvalue weighted by molar-refractivity contribution is 0.309. The van der Waals surface area contributed by atoms with Crippen LogP contribution >= 0.6 is 23.7 Å². The first-order chi connectivity index (χ1) is 19.9. The van der Waals surface area contributed by atoms with E-state index >= 15 is 0 Å². The minimum atomic E-state index is -3.60. The molecule has 0 fully saturated rings. The van der Waals surface area contributed by atoms with Gasteiger partial charge in [-0.2, -0.15) is 16.8 Å². The monoisotopic (exact) mass is 663 g/mol. The highest BCUT2D eigenvalue weighted by atomic mass is 35.5. The molecule has 0 spiro atoms. The summed E-state index contributed by atoms with van der Waals surface area (Å²) in [6.45, 7) is 2.25. The summed E-state index contributed by atoms with van der Waals surface area (Å²) in [6.07, 6.45) is 4.57. The molecule has 230 valence electrons. The van der Waals surface area contributed by atoms with Crippen molar-refractivity contribution in [2.75, 3.05) is 43.7 Å². The molecule has 9 nitrogen and oxygen atoms in total. The molecule has 0 saturated heterocycles. The smallest absolute Gasteiger partial charge is 0.264 e. The third-order valence-corrected chi connectivity index (χ3v) is 8.24. The van der Waals surface area contributed by atoms with Gasteiger partial charge < -0.3 is 4.90 Å². The van der Waals surface area contributed by atoms with Crippen molar-refractivity contribution in [1.29, 1.82) is 0 Å². The van der Waals surface area contributed by atoms with Gasteiger partial charge in [0, 0.05) is 42.4 Å². The molecule has 0 aliphatic heterocycles. The Balaban J connectivity index is 0.00000506. The van der Waals surface area contributed by atoms with E-state index in [1.54, 1.807) is 17.6 Å². The first-order valence-electron chi connectivity index (χ1n) is 13.1. The average molecular weight is 664 g/mol. The normalized spacial score (nSPS) is 11.9. The molecule has 0 atom stereocenters. The van der Waals surface area contributed by atoms with Crippen molar-refractivity contribution in [2.45, 2.75) is 13.3 Å². The molecule has 0 aliphatic carbocycles. The SMILES string of the molecule is Cc1cc(N(CCOS(C)(=O)=O)CCOS(C)(=O)=O)ccc1C=Nc1ccc(-c2csc(Cc3ccccc3)n2)cc1.Cl. The summed E-state index contributed by atoms with van der Waals surface area (Å²) in [5.74, 6) is 0. The molecule has 43 heavy (non-hydrogen) atoms. The standard InChI is InChI=1S/C30H33N3O6S3.ClH/c1-23-19-28(33(15-17-38-41(2,34)35)16-18-39-42(3,36)37)14-11-26(23)21-31-27-12-9-25(10-13-27)29-22-40-30(32-29)20-24-7-5-4-6-8-24;/h4-14,19,21-22H,15-18,20H2,1-3H3;1H. The second-order valence-electron chi connectivity index (χ2n) is 9.67. The number of rotatable bonds is 14.